The molecule has 3 aliphatic heterocycles. The molecule has 4 atom stereocenters. The molecule has 3 rings (SSSR count). The maximum atomic E-state index is 12.6. The molecule has 3 fully saturated rings. The van der Waals surface area contributed by atoms with Gasteiger partial charge in [0.25, 0.3) is 0 Å². The first-order valence-electron chi connectivity index (χ1n) is 7.84. The summed E-state index contributed by atoms with van der Waals surface area (Å²) in [5, 5.41) is 13.0. The number of carbonyl (C=O) groups excluding carboxylic acids is 1. The fraction of sp³-hybridized carbons (Fsp3) is 0.867. The SMILES string of the molecule is CCCC1(C(=O)O)CCN(C(=O)C2CC3CCC2N3)C1. The number of likely N-dealkylation sites (tertiary alicyclic amines) is 1. The van der Waals surface area contributed by atoms with Gasteiger partial charge in [0.15, 0.2) is 0 Å². The average molecular weight is 280 g/mol. The number of nitrogens with zero attached hydrogens (tertiary/aromatic N) is 1. The second-order valence-electron chi connectivity index (χ2n) is 6.73. The Bertz CT molecular complexity index is 425. The third-order valence-electron chi connectivity index (χ3n) is 5.46. The number of hydrogen-bond donors (Lipinski definition) is 2. The summed E-state index contributed by atoms with van der Waals surface area (Å²) in [6.07, 6.45) is 5.34. The van der Waals surface area contributed by atoms with Crippen molar-refractivity contribution in [2.75, 3.05) is 13.1 Å². The second kappa shape index (κ2) is 5.02. The van der Waals surface area contributed by atoms with Crippen molar-refractivity contribution in [3.05, 3.63) is 0 Å². The van der Waals surface area contributed by atoms with Gasteiger partial charge >= 0.3 is 5.97 Å². The summed E-state index contributed by atoms with van der Waals surface area (Å²) < 4.78 is 0. The molecule has 0 aliphatic carbocycles. The minimum atomic E-state index is -0.735. The Morgan fingerprint density at radius 1 is 1.40 bits per heavy atom. The number of fused-ring (bicyclic) bond motifs is 2. The van der Waals surface area contributed by atoms with Crippen LogP contribution in [0.1, 0.15) is 45.4 Å². The maximum Gasteiger partial charge on any atom is 0.311 e. The fourth-order valence-corrected chi connectivity index (χ4v) is 4.36. The zero-order valence-electron chi connectivity index (χ0n) is 12.1. The van der Waals surface area contributed by atoms with Crippen LogP contribution in [0.5, 0.6) is 0 Å². The van der Waals surface area contributed by atoms with Crippen molar-refractivity contribution in [3.63, 3.8) is 0 Å². The highest BCUT2D eigenvalue weighted by Crippen LogP contribution is 2.39. The highest BCUT2D eigenvalue weighted by molar-refractivity contribution is 5.83. The quantitative estimate of drug-likeness (QED) is 0.812. The summed E-state index contributed by atoms with van der Waals surface area (Å²) in [6.45, 7) is 3.02. The average Bonchev–Trinajstić information content (AvgIpc) is 3.13. The lowest BCUT2D eigenvalue weighted by atomic mass is 9.82. The standard InChI is InChI=1S/C15H24N2O3/c1-2-5-15(14(19)20)6-7-17(9-15)13(18)11-8-10-3-4-12(11)16-10/h10-12,16H,2-9H2,1H3,(H,19,20). The van der Waals surface area contributed by atoms with E-state index < -0.39 is 11.4 Å². The van der Waals surface area contributed by atoms with Crippen molar-refractivity contribution >= 4 is 11.9 Å². The summed E-state index contributed by atoms with van der Waals surface area (Å²) in [6, 6.07) is 0.843. The minimum absolute atomic E-state index is 0.0833. The van der Waals surface area contributed by atoms with Crippen LogP contribution in [0.15, 0.2) is 0 Å². The van der Waals surface area contributed by atoms with E-state index in [4.69, 9.17) is 0 Å². The zero-order chi connectivity index (χ0) is 14.3. The Morgan fingerprint density at radius 2 is 2.20 bits per heavy atom. The summed E-state index contributed by atoms with van der Waals surface area (Å²) in [5.74, 6) is -0.468. The molecule has 0 radical (unpaired) electrons. The first-order valence-corrected chi connectivity index (χ1v) is 7.84. The van der Waals surface area contributed by atoms with Gasteiger partial charge < -0.3 is 15.3 Å². The molecule has 3 aliphatic rings. The van der Waals surface area contributed by atoms with E-state index in [-0.39, 0.29) is 11.8 Å². The van der Waals surface area contributed by atoms with Crippen molar-refractivity contribution in [3.8, 4) is 0 Å². The predicted molar refractivity (Wildman–Crippen MR) is 74.2 cm³/mol. The van der Waals surface area contributed by atoms with Crippen LogP contribution in [0.25, 0.3) is 0 Å². The van der Waals surface area contributed by atoms with Gasteiger partial charge in [0, 0.05) is 25.2 Å². The van der Waals surface area contributed by atoms with Gasteiger partial charge in [0.05, 0.1) is 11.3 Å². The number of carbonyl (C=O) groups is 2. The van der Waals surface area contributed by atoms with Crippen LogP contribution in [0.3, 0.4) is 0 Å². The summed E-state index contributed by atoms with van der Waals surface area (Å²) in [4.78, 5) is 26.0. The van der Waals surface area contributed by atoms with Crippen LogP contribution in [-0.4, -0.2) is 47.1 Å². The molecule has 1 amide bonds. The topological polar surface area (TPSA) is 69.6 Å². The third kappa shape index (κ3) is 2.12. The molecule has 3 heterocycles. The summed E-state index contributed by atoms with van der Waals surface area (Å²) >= 11 is 0. The molecule has 112 valence electrons. The summed E-state index contributed by atoms with van der Waals surface area (Å²) in [7, 11) is 0. The third-order valence-corrected chi connectivity index (χ3v) is 5.46. The van der Waals surface area contributed by atoms with Crippen LogP contribution >= 0.6 is 0 Å². The number of rotatable bonds is 4. The molecule has 0 aromatic heterocycles. The van der Waals surface area contributed by atoms with Crippen molar-refractivity contribution in [1.82, 2.24) is 10.2 Å². The van der Waals surface area contributed by atoms with E-state index in [1.165, 1.54) is 6.42 Å². The van der Waals surface area contributed by atoms with Crippen LogP contribution in [0.4, 0.5) is 0 Å². The predicted octanol–water partition coefficient (Wildman–Crippen LogP) is 1.23. The molecule has 2 bridgehead atoms. The van der Waals surface area contributed by atoms with E-state index in [1.54, 1.807) is 0 Å². The molecule has 4 unspecified atom stereocenters. The van der Waals surface area contributed by atoms with Crippen molar-refractivity contribution in [2.45, 2.75) is 57.5 Å². The normalized spacial score (nSPS) is 39.5. The van der Waals surface area contributed by atoms with Gasteiger partial charge in [-0.25, -0.2) is 0 Å². The van der Waals surface area contributed by atoms with E-state index in [2.05, 4.69) is 5.32 Å². The van der Waals surface area contributed by atoms with E-state index in [0.717, 1.165) is 19.3 Å². The van der Waals surface area contributed by atoms with Gasteiger partial charge in [0.1, 0.15) is 0 Å². The molecule has 20 heavy (non-hydrogen) atoms. The highest BCUT2D eigenvalue weighted by atomic mass is 16.4. The van der Waals surface area contributed by atoms with E-state index >= 15 is 0 Å². The maximum absolute atomic E-state index is 12.6. The number of carboxylic acid groups (broad SMARTS) is 1. The zero-order valence-corrected chi connectivity index (χ0v) is 12.1. The summed E-state index contributed by atoms with van der Waals surface area (Å²) in [5.41, 5.74) is -0.699. The monoisotopic (exact) mass is 280 g/mol. The molecular weight excluding hydrogens is 256 g/mol. The number of carboxylic acids is 1. The minimum Gasteiger partial charge on any atom is -0.481 e. The Kier molecular flexibility index (Phi) is 3.48. The molecule has 0 aromatic carbocycles. The van der Waals surface area contributed by atoms with Crippen LogP contribution in [0.2, 0.25) is 0 Å². The Labute approximate surface area is 119 Å². The highest BCUT2D eigenvalue weighted by Gasteiger charge is 2.49. The first-order chi connectivity index (χ1) is 9.55. The van der Waals surface area contributed by atoms with Crippen molar-refractivity contribution < 1.29 is 14.7 Å². The lowest BCUT2D eigenvalue weighted by molar-refractivity contribution is -0.149. The van der Waals surface area contributed by atoms with Crippen molar-refractivity contribution in [1.29, 1.82) is 0 Å². The Balaban J connectivity index is 1.67. The van der Waals surface area contributed by atoms with Gasteiger partial charge in [-0.15, -0.1) is 0 Å². The Hall–Kier alpha value is -1.10. The number of nitrogens with one attached hydrogen (secondary N) is 1. The molecule has 0 saturated carbocycles. The number of amides is 1. The molecule has 0 aromatic rings. The molecule has 0 spiro atoms. The lowest BCUT2D eigenvalue weighted by Crippen LogP contribution is -2.42. The van der Waals surface area contributed by atoms with Crippen LogP contribution in [-0.2, 0) is 9.59 Å². The molecule has 2 N–H and O–H groups in total. The smallest absolute Gasteiger partial charge is 0.311 e. The Morgan fingerprint density at radius 3 is 2.75 bits per heavy atom. The van der Waals surface area contributed by atoms with E-state index in [0.29, 0.717) is 38.0 Å². The molecule has 5 nitrogen and oxygen atoms in total. The second-order valence-corrected chi connectivity index (χ2v) is 6.73. The fourth-order valence-electron chi connectivity index (χ4n) is 4.36. The largest absolute Gasteiger partial charge is 0.481 e. The van der Waals surface area contributed by atoms with Gasteiger partial charge in [0.2, 0.25) is 5.91 Å². The first kappa shape index (κ1) is 13.9. The molecule has 3 saturated heterocycles. The van der Waals surface area contributed by atoms with Gasteiger partial charge in [-0.3, -0.25) is 9.59 Å². The van der Waals surface area contributed by atoms with Crippen molar-refractivity contribution in [2.24, 2.45) is 11.3 Å². The molecular formula is C15H24N2O3. The van der Waals surface area contributed by atoms with Gasteiger partial charge in [-0.1, -0.05) is 13.3 Å². The lowest BCUT2D eigenvalue weighted by Gasteiger charge is -2.28. The number of aliphatic carboxylic acids is 1. The van der Waals surface area contributed by atoms with Gasteiger partial charge in [-0.2, -0.15) is 0 Å². The number of hydrogen-bond acceptors (Lipinski definition) is 3. The van der Waals surface area contributed by atoms with Crippen LogP contribution in [0, 0.1) is 11.3 Å². The van der Waals surface area contributed by atoms with E-state index in [9.17, 15) is 14.7 Å². The van der Waals surface area contributed by atoms with E-state index in [1.807, 2.05) is 11.8 Å². The van der Waals surface area contributed by atoms with Crippen LogP contribution < -0.4 is 5.32 Å². The van der Waals surface area contributed by atoms with Gasteiger partial charge in [-0.05, 0) is 32.1 Å². The molecule has 5 heteroatoms.